The fourth-order valence-electron chi connectivity index (χ4n) is 3.52. The lowest BCUT2D eigenvalue weighted by Crippen LogP contribution is -2.10. The van der Waals surface area contributed by atoms with Gasteiger partial charge >= 0.3 is 0 Å². The second-order valence-electron chi connectivity index (χ2n) is 10.8. The summed E-state index contributed by atoms with van der Waals surface area (Å²) in [5.41, 5.74) is 8.83. The van der Waals surface area contributed by atoms with E-state index < -0.39 is 0 Å². The molecule has 0 heteroatoms. The van der Waals surface area contributed by atoms with Crippen LogP contribution in [0.15, 0.2) is 72.8 Å². The van der Waals surface area contributed by atoms with Crippen LogP contribution >= 0.6 is 0 Å². The van der Waals surface area contributed by atoms with E-state index in [9.17, 15) is 0 Å². The molecular weight excluding hydrogens is 408 g/mol. The predicted molar refractivity (Wildman–Crippen MR) is 154 cm³/mol. The third-order valence-electron chi connectivity index (χ3n) is 6.34. The molecule has 3 aromatic carbocycles. The third kappa shape index (κ3) is 10.7. The summed E-state index contributed by atoms with van der Waals surface area (Å²) in [4.78, 5) is 0. The molecule has 0 nitrogen and oxygen atoms in total. The van der Waals surface area contributed by atoms with Crippen LogP contribution in [0.25, 0.3) is 0 Å². The zero-order chi connectivity index (χ0) is 25.7. The predicted octanol–water partition coefficient (Wildman–Crippen LogP) is 10.3. The molecule has 0 saturated carbocycles. The smallest absolute Gasteiger partial charge is 0.0132 e. The Morgan fingerprint density at radius 3 is 0.971 bits per heavy atom. The van der Waals surface area contributed by atoms with Crippen LogP contribution in [0.5, 0.6) is 0 Å². The van der Waals surface area contributed by atoms with E-state index in [2.05, 4.69) is 142 Å². The van der Waals surface area contributed by atoms with E-state index in [-0.39, 0.29) is 5.41 Å². The van der Waals surface area contributed by atoms with E-state index in [0.29, 0.717) is 11.8 Å². The largest absolute Gasteiger partial charge is 0.0613 e. The minimum atomic E-state index is 0.273. The van der Waals surface area contributed by atoms with Crippen LogP contribution in [0.4, 0.5) is 0 Å². The molecule has 3 rings (SSSR count). The van der Waals surface area contributed by atoms with Crippen molar-refractivity contribution in [1.29, 1.82) is 0 Å². The molecule has 0 unspecified atom stereocenters. The van der Waals surface area contributed by atoms with Crippen LogP contribution < -0.4 is 0 Å². The van der Waals surface area contributed by atoms with Crippen molar-refractivity contribution < 1.29 is 0 Å². The van der Waals surface area contributed by atoms with Gasteiger partial charge in [-0.25, -0.2) is 0 Å². The zero-order valence-corrected chi connectivity index (χ0v) is 23.7. The quantitative estimate of drug-likeness (QED) is 0.356. The van der Waals surface area contributed by atoms with E-state index in [0.717, 1.165) is 19.3 Å². The summed E-state index contributed by atoms with van der Waals surface area (Å²) in [5, 5.41) is 0. The Kier molecular flexibility index (Phi) is 12.9. The first-order valence-corrected chi connectivity index (χ1v) is 13.3. The fourth-order valence-corrected chi connectivity index (χ4v) is 3.52. The molecule has 3 aromatic rings. The van der Waals surface area contributed by atoms with Crippen molar-refractivity contribution >= 4 is 0 Å². The number of benzene rings is 3. The monoisotopic (exact) mass is 458 g/mol. The van der Waals surface area contributed by atoms with E-state index in [4.69, 9.17) is 0 Å². The highest BCUT2D eigenvalue weighted by Gasteiger charge is 2.12. The van der Waals surface area contributed by atoms with Crippen LogP contribution in [0.3, 0.4) is 0 Å². The molecule has 0 atom stereocenters. The summed E-state index contributed by atoms with van der Waals surface area (Å²) in [6.07, 6.45) is 3.42. The highest BCUT2D eigenvalue weighted by atomic mass is 14.2. The minimum absolute atomic E-state index is 0.273. The lowest BCUT2D eigenvalue weighted by atomic mass is 9.86. The first-order valence-electron chi connectivity index (χ1n) is 13.3. The van der Waals surface area contributed by atoms with Crippen molar-refractivity contribution in [3.63, 3.8) is 0 Å². The zero-order valence-electron chi connectivity index (χ0n) is 23.7. The number of hydrogen-bond donors (Lipinski definition) is 0. The molecule has 0 aromatic heterocycles. The van der Waals surface area contributed by atoms with Gasteiger partial charge < -0.3 is 0 Å². The van der Waals surface area contributed by atoms with Gasteiger partial charge in [-0.3, -0.25) is 0 Å². The van der Waals surface area contributed by atoms with Gasteiger partial charge in [0.1, 0.15) is 0 Å². The normalized spacial score (nSPS) is 10.9. The molecule has 0 N–H and O–H groups in total. The Hall–Kier alpha value is -2.34. The van der Waals surface area contributed by atoms with E-state index in [1.165, 1.54) is 33.4 Å². The number of aryl methyl sites for hydroxylation is 3. The van der Waals surface area contributed by atoms with Crippen molar-refractivity contribution in [2.24, 2.45) is 0 Å². The average molecular weight is 459 g/mol. The number of rotatable bonds is 5. The first kappa shape index (κ1) is 29.7. The number of hydrogen-bond acceptors (Lipinski definition) is 0. The van der Waals surface area contributed by atoms with Gasteiger partial charge in [-0.1, -0.05) is 142 Å². The van der Waals surface area contributed by atoms with Crippen LogP contribution in [0, 0.1) is 0 Å². The first-order chi connectivity index (χ1) is 16.0. The molecule has 0 saturated heterocycles. The maximum atomic E-state index is 2.25. The van der Waals surface area contributed by atoms with Crippen molar-refractivity contribution in [1.82, 2.24) is 0 Å². The van der Waals surface area contributed by atoms with Gasteiger partial charge in [0.2, 0.25) is 0 Å². The summed E-state index contributed by atoms with van der Waals surface area (Å²) in [6.45, 7) is 22.2. The molecule has 0 bridgehead atoms. The van der Waals surface area contributed by atoms with E-state index >= 15 is 0 Å². The van der Waals surface area contributed by atoms with Crippen molar-refractivity contribution in [2.75, 3.05) is 0 Å². The van der Waals surface area contributed by atoms with Crippen LogP contribution in [-0.2, 0) is 24.7 Å². The Balaban J connectivity index is 0.000000257. The summed E-state index contributed by atoms with van der Waals surface area (Å²) < 4.78 is 0. The van der Waals surface area contributed by atoms with Crippen molar-refractivity contribution in [3.05, 3.63) is 106 Å². The standard InChI is InChI=1S/C13H20.C11H16.C10H14/c1-10(2)11-6-8-12(9-7-11)13(3,4)5;1-4-10-5-7-11(8-6-10)9(2)3;1-3-9-5-7-10(4-2)8-6-9/h6-10H,1-5H3;5-9H,4H2,1-3H3;5-8H,3-4H2,1-2H3. The maximum absolute atomic E-state index is 2.25. The molecule has 0 radical (unpaired) electrons. The van der Waals surface area contributed by atoms with Crippen molar-refractivity contribution in [2.45, 2.75) is 106 Å². The van der Waals surface area contributed by atoms with Gasteiger partial charge in [0.25, 0.3) is 0 Å². The molecule has 0 aliphatic carbocycles. The Labute approximate surface area is 211 Å². The van der Waals surface area contributed by atoms with Crippen molar-refractivity contribution in [3.8, 4) is 0 Å². The van der Waals surface area contributed by atoms with Gasteiger partial charge in [0.05, 0.1) is 0 Å². The lowest BCUT2D eigenvalue weighted by Gasteiger charge is -2.19. The Morgan fingerprint density at radius 2 is 0.735 bits per heavy atom. The molecule has 34 heavy (non-hydrogen) atoms. The summed E-state index contributed by atoms with van der Waals surface area (Å²) in [7, 11) is 0. The summed E-state index contributed by atoms with van der Waals surface area (Å²) >= 11 is 0. The van der Waals surface area contributed by atoms with E-state index in [1.54, 1.807) is 0 Å². The highest BCUT2D eigenvalue weighted by molar-refractivity contribution is 5.29. The third-order valence-corrected chi connectivity index (χ3v) is 6.34. The van der Waals surface area contributed by atoms with Crippen LogP contribution in [0.1, 0.15) is 114 Å². The van der Waals surface area contributed by atoms with Gasteiger partial charge in [-0.2, -0.15) is 0 Å². The summed E-state index contributed by atoms with van der Waals surface area (Å²) in [6, 6.07) is 26.7. The Bertz CT molecular complexity index is 879. The molecule has 186 valence electrons. The summed E-state index contributed by atoms with van der Waals surface area (Å²) in [5.74, 6) is 1.29. The average Bonchev–Trinajstić information content (AvgIpc) is 2.84. The fraction of sp³-hybridized carbons (Fsp3) is 0.471. The SMILES string of the molecule is CC(C)c1ccc(C(C)(C)C)cc1.CCc1ccc(C(C)C)cc1.CCc1ccc(CC)cc1. The molecule has 0 spiro atoms. The van der Waals surface area contributed by atoms with Gasteiger partial charge in [0, 0.05) is 0 Å². The Morgan fingerprint density at radius 1 is 0.471 bits per heavy atom. The maximum Gasteiger partial charge on any atom is -0.0132 e. The second-order valence-corrected chi connectivity index (χ2v) is 10.8. The molecule has 0 aliphatic heterocycles. The van der Waals surface area contributed by atoms with Gasteiger partial charge in [-0.05, 0) is 69.9 Å². The topological polar surface area (TPSA) is 0 Å². The van der Waals surface area contributed by atoms with Gasteiger partial charge in [-0.15, -0.1) is 0 Å². The molecule has 0 fully saturated rings. The van der Waals surface area contributed by atoms with Crippen LogP contribution in [-0.4, -0.2) is 0 Å². The molecule has 0 amide bonds. The highest BCUT2D eigenvalue weighted by Crippen LogP contribution is 2.24. The van der Waals surface area contributed by atoms with E-state index in [1.807, 2.05) is 0 Å². The molecular formula is C34H50. The lowest BCUT2D eigenvalue weighted by molar-refractivity contribution is 0.589. The van der Waals surface area contributed by atoms with Crippen LogP contribution in [0.2, 0.25) is 0 Å². The second kappa shape index (κ2) is 14.8. The minimum Gasteiger partial charge on any atom is -0.0613 e. The molecule has 0 aliphatic rings. The van der Waals surface area contributed by atoms with Gasteiger partial charge in [0.15, 0.2) is 0 Å². The molecule has 0 heterocycles.